The standard InChI is InChI=1S/C27H28F2N4O3/c1-35-19-7-5-18(6-8-19)15-25(34)33-14-11-24-21(17-33)26(36-20-9-10-22(28)23(29)16-20)31-27(30-24)32-12-3-2-4-13-32/h5-10,16H,2-4,11-15,17H2,1H3. The van der Waals surface area contributed by atoms with E-state index in [-0.39, 0.29) is 30.5 Å². The molecule has 0 saturated carbocycles. The average Bonchev–Trinajstić information content (AvgIpc) is 2.91. The van der Waals surface area contributed by atoms with Crippen molar-refractivity contribution in [1.82, 2.24) is 14.9 Å². The molecule has 3 heterocycles. The fourth-order valence-electron chi connectivity index (χ4n) is 4.59. The van der Waals surface area contributed by atoms with Gasteiger partial charge in [0.25, 0.3) is 0 Å². The lowest BCUT2D eigenvalue weighted by Crippen LogP contribution is -2.38. The van der Waals surface area contributed by atoms with Gasteiger partial charge in [-0.3, -0.25) is 4.79 Å². The quantitative estimate of drug-likeness (QED) is 0.496. The van der Waals surface area contributed by atoms with Gasteiger partial charge in [0.2, 0.25) is 17.7 Å². The van der Waals surface area contributed by atoms with Crippen molar-refractivity contribution in [3.05, 3.63) is 70.9 Å². The van der Waals surface area contributed by atoms with E-state index < -0.39 is 11.6 Å². The molecule has 0 bridgehead atoms. The third-order valence-electron chi connectivity index (χ3n) is 6.62. The number of piperidine rings is 1. The first-order valence-electron chi connectivity index (χ1n) is 12.2. The molecule has 1 aromatic heterocycles. The van der Waals surface area contributed by atoms with Crippen LogP contribution in [-0.2, 0) is 24.2 Å². The lowest BCUT2D eigenvalue weighted by molar-refractivity contribution is -0.131. The number of ether oxygens (including phenoxy) is 2. The van der Waals surface area contributed by atoms with Gasteiger partial charge in [-0.25, -0.2) is 13.8 Å². The van der Waals surface area contributed by atoms with E-state index in [4.69, 9.17) is 14.5 Å². The van der Waals surface area contributed by atoms with Crippen molar-refractivity contribution in [2.75, 3.05) is 31.6 Å². The monoisotopic (exact) mass is 494 g/mol. The number of rotatable bonds is 6. The van der Waals surface area contributed by atoms with Crippen LogP contribution < -0.4 is 14.4 Å². The van der Waals surface area contributed by atoms with Gasteiger partial charge < -0.3 is 19.3 Å². The number of nitrogens with zero attached hydrogens (tertiary/aromatic N) is 4. The molecule has 9 heteroatoms. The van der Waals surface area contributed by atoms with Crippen LogP contribution in [0.4, 0.5) is 14.7 Å². The Bertz CT molecular complexity index is 1250. The molecular weight excluding hydrogens is 466 g/mol. The highest BCUT2D eigenvalue weighted by Gasteiger charge is 2.28. The molecule has 0 unspecified atom stereocenters. The summed E-state index contributed by atoms with van der Waals surface area (Å²) >= 11 is 0. The van der Waals surface area contributed by atoms with Gasteiger partial charge in [0.05, 0.1) is 31.3 Å². The summed E-state index contributed by atoms with van der Waals surface area (Å²) < 4.78 is 38.5. The summed E-state index contributed by atoms with van der Waals surface area (Å²) in [5.74, 6) is -0.249. The Labute approximate surface area is 208 Å². The molecule has 0 spiro atoms. The van der Waals surface area contributed by atoms with Crippen LogP contribution in [0.1, 0.15) is 36.1 Å². The number of carbonyl (C=O) groups excluding carboxylic acids is 1. The van der Waals surface area contributed by atoms with E-state index in [0.29, 0.717) is 24.5 Å². The van der Waals surface area contributed by atoms with E-state index in [1.165, 1.54) is 12.5 Å². The zero-order chi connectivity index (χ0) is 25.1. The van der Waals surface area contributed by atoms with Crippen LogP contribution in [0.3, 0.4) is 0 Å². The minimum Gasteiger partial charge on any atom is -0.497 e. The fourth-order valence-corrected chi connectivity index (χ4v) is 4.59. The SMILES string of the molecule is COc1ccc(CC(=O)N2CCc3nc(N4CCCCC4)nc(Oc4ccc(F)c(F)c4)c3C2)cc1. The number of benzene rings is 2. The molecule has 2 aliphatic rings. The second-order valence-electron chi connectivity index (χ2n) is 9.07. The summed E-state index contributed by atoms with van der Waals surface area (Å²) in [6, 6.07) is 10.8. The Morgan fingerprint density at radius 1 is 0.944 bits per heavy atom. The number of halogens is 2. The lowest BCUT2D eigenvalue weighted by atomic mass is 10.0. The molecule has 2 aliphatic heterocycles. The molecule has 188 valence electrons. The van der Waals surface area contributed by atoms with Gasteiger partial charge >= 0.3 is 0 Å². The molecule has 2 aromatic carbocycles. The first kappa shape index (κ1) is 24.0. The molecule has 3 aromatic rings. The van der Waals surface area contributed by atoms with Crippen LogP contribution in [0, 0.1) is 11.6 Å². The number of carbonyl (C=O) groups is 1. The van der Waals surface area contributed by atoms with E-state index in [1.807, 2.05) is 24.3 Å². The number of anilines is 1. The molecule has 0 N–H and O–H groups in total. The van der Waals surface area contributed by atoms with Crippen molar-refractivity contribution in [3.8, 4) is 17.4 Å². The molecule has 0 aliphatic carbocycles. The van der Waals surface area contributed by atoms with Gasteiger partial charge in [-0.05, 0) is 49.1 Å². The second-order valence-corrected chi connectivity index (χ2v) is 9.07. The first-order valence-corrected chi connectivity index (χ1v) is 12.2. The third kappa shape index (κ3) is 5.24. The number of hydrogen-bond donors (Lipinski definition) is 0. The maximum Gasteiger partial charge on any atom is 0.229 e. The topological polar surface area (TPSA) is 67.8 Å². The van der Waals surface area contributed by atoms with E-state index >= 15 is 0 Å². The van der Waals surface area contributed by atoms with Crippen molar-refractivity contribution in [1.29, 1.82) is 0 Å². The van der Waals surface area contributed by atoms with Crippen LogP contribution in [0.2, 0.25) is 0 Å². The zero-order valence-electron chi connectivity index (χ0n) is 20.2. The Hall–Kier alpha value is -3.75. The van der Waals surface area contributed by atoms with Crippen molar-refractivity contribution in [2.45, 2.75) is 38.6 Å². The van der Waals surface area contributed by atoms with Gasteiger partial charge in [0, 0.05) is 32.1 Å². The summed E-state index contributed by atoms with van der Waals surface area (Å²) in [6.45, 7) is 2.53. The van der Waals surface area contributed by atoms with E-state index in [9.17, 15) is 13.6 Å². The number of amides is 1. The van der Waals surface area contributed by atoms with Crippen LogP contribution in [-0.4, -0.2) is 47.5 Å². The summed E-state index contributed by atoms with van der Waals surface area (Å²) in [7, 11) is 1.60. The zero-order valence-corrected chi connectivity index (χ0v) is 20.2. The molecule has 0 radical (unpaired) electrons. The van der Waals surface area contributed by atoms with Gasteiger partial charge in [-0.15, -0.1) is 0 Å². The maximum atomic E-state index is 13.9. The number of fused-ring (bicyclic) bond motifs is 1. The number of methoxy groups -OCH3 is 1. The average molecular weight is 495 g/mol. The van der Waals surface area contributed by atoms with Crippen LogP contribution in [0.15, 0.2) is 42.5 Å². The summed E-state index contributed by atoms with van der Waals surface area (Å²) in [5.41, 5.74) is 2.40. The molecule has 1 amide bonds. The van der Waals surface area contributed by atoms with Crippen LogP contribution in [0.5, 0.6) is 17.4 Å². The van der Waals surface area contributed by atoms with E-state index in [2.05, 4.69) is 9.88 Å². The molecule has 1 fully saturated rings. The molecule has 1 saturated heterocycles. The predicted molar refractivity (Wildman–Crippen MR) is 130 cm³/mol. The van der Waals surface area contributed by atoms with Gasteiger partial charge in [-0.2, -0.15) is 4.98 Å². The summed E-state index contributed by atoms with van der Waals surface area (Å²) in [4.78, 5) is 26.5. The third-order valence-corrected chi connectivity index (χ3v) is 6.62. The smallest absolute Gasteiger partial charge is 0.229 e. The fraction of sp³-hybridized carbons (Fsp3) is 0.370. The first-order chi connectivity index (χ1) is 17.5. The molecular formula is C27H28F2N4O3. The van der Waals surface area contributed by atoms with Crippen molar-refractivity contribution in [2.24, 2.45) is 0 Å². The van der Waals surface area contributed by atoms with Gasteiger partial charge in [-0.1, -0.05) is 12.1 Å². The Morgan fingerprint density at radius 3 is 2.42 bits per heavy atom. The van der Waals surface area contributed by atoms with Crippen molar-refractivity contribution >= 4 is 11.9 Å². The predicted octanol–water partition coefficient (Wildman–Crippen LogP) is 4.67. The highest BCUT2D eigenvalue weighted by molar-refractivity contribution is 5.79. The summed E-state index contributed by atoms with van der Waals surface area (Å²) in [5, 5.41) is 0. The Kier molecular flexibility index (Phi) is 6.97. The second kappa shape index (κ2) is 10.5. The van der Waals surface area contributed by atoms with Crippen molar-refractivity contribution in [3.63, 3.8) is 0 Å². The molecule has 36 heavy (non-hydrogen) atoms. The van der Waals surface area contributed by atoms with Gasteiger partial charge in [0.15, 0.2) is 11.6 Å². The van der Waals surface area contributed by atoms with Gasteiger partial charge in [0.1, 0.15) is 11.5 Å². The highest BCUT2D eigenvalue weighted by atomic mass is 19.2. The van der Waals surface area contributed by atoms with Crippen molar-refractivity contribution < 1.29 is 23.0 Å². The lowest BCUT2D eigenvalue weighted by Gasteiger charge is -2.32. The minimum atomic E-state index is -0.997. The Morgan fingerprint density at radius 2 is 1.69 bits per heavy atom. The maximum absolute atomic E-state index is 13.9. The summed E-state index contributed by atoms with van der Waals surface area (Å²) in [6.07, 6.45) is 4.11. The van der Waals surface area contributed by atoms with Crippen LogP contribution >= 0.6 is 0 Å². The van der Waals surface area contributed by atoms with Crippen LogP contribution in [0.25, 0.3) is 0 Å². The van der Waals surface area contributed by atoms with E-state index in [1.54, 1.807) is 12.0 Å². The number of hydrogen-bond acceptors (Lipinski definition) is 6. The normalized spacial score (nSPS) is 15.4. The molecule has 7 nitrogen and oxygen atoms in total. The molecule has 0 atom stereocenters. The highest BCUT2D eigenvalue weighted by Crippen LogP contribution is 2.33. The largest absolute Gasteiger partial charge is 0.497 e. The van der Waals surface area contributed by atoms with E-state index in [0.717, 1.165) is 55.1 Å². The minimum absolute atomic E-state index is 0.0234. The number of aromatic nitrogens is 2. The Balaban J connectivity index is 1.41. The molecule has 5 rings (SSSR count).